The molecule has 0 aliphatic rings. The predicted molar refractivity (Wildman–Crippen MR) is 82.7 cm³/mol. The maximum absolute atomic E-state index is 13.4. The Kier molecular flexibility index (Phi) is 4.80. The average molecular weight is 355 g/mol. The fraction of sp³-hybridized carbons (Fsp3) is 0.267. The zero-order valence-electron chi connectivity index (χ0n) is 11.7. The Labute approximate surface area is 130 Å². The number of anilines is 1. The normalized spacial score (nSPS) is 10.7. The van der Waals surface area contributed by atoms with Gasteiger partial charge in [-0.3, -0.25) is 4.98 Å². The Morgan fingerprint density at radius 1 is 1.33 bits per heavy atom. The Balaban J connectivity index is 2.28. The van der Waals surface area contributed by atoms with E-state index >= 15 is 0 Å². The number of aliphatic hydroxyl groups excluding tert-OH is 1. The number of nitrogens with zero attached hydrogens (tertiary/aromatic N) is 1. The van der Waals surface area contributed by atoms with Gasteiger partial charge >= 0.3 is 0 Å². The number of aliphatic hydroxyl groups is 1. The van der Waals surface area contributed by atoms with Crippen molar-refractivity contribution in [3.63, 3.8) is 0 Å². The highest BCUT2D eigenvalue weighted by Crippen LogP contribution is 2.28. The van der Waals surface area contributed by atoms with Crippen LogP contribution in [0.5, 0.6) is 5.75 Å². The molecule has 0 amide bonds. The summed E-state index contributed by atoms with van der Waals surface area (Å²) in [7, 11) is 0. The van der Waals surface area contributed by atoms with Crippen LogP contribution in [0, 0.1) is 19.7 Å². The van der Waals surface area contributed by atoms with E-state index in [1.165, 1.54) is 6.07 Å². The van der Waals surface area contributed by atoms with Crippen molar-refractivity contribution in [2.45, 2.75) is 27.0 Å². The summed E-state index contributed by atoms with van der Waals surface area (Å²) >= 11 is 3.15. The van der Waals surface area contributed by atoms with Crippen LogP contribution in [0.3, 0.4) is 0 Å². The lowest BCUT2D eigenvalue weighted by Crippen LogP contribution is -2.06. The van der Waals surface area contributed by atoms with Crippen molar-refractivity contribution in [3.8, 4) is 5.75 Å². The van der Waals surface area contributed by atoms with Gasteiger partial charge in [-0.15, -0.1) is 0 Å². The minimum Gasteiger partial charge on any atom is -0.506 e. The molecule has 0 spiro atoms. The van der Waals surface area contributed by atoms with Gasteiger partial charge in [-0.25, -0.2) is 4.39 Å². The lowest BCUT2D eigenvalue weighted by molar-refractivity contribution is 0.279. The zero-order chi connectivity index (χ0) is 15.6. The van der Waals surface area contributed by atoms with Gasteiger partial charge in [0.2, 0.25) is 0 Å². The summed E-state index contributed by atoms with van der Waals surface area (Å²) in [5.74, 6) is -0.260. The van der Waals surface area contributed by atoms with Crippen LogP contribution in [0.1, 0.15) is 22.4 Å². The van der Waals surface area contributed by atoms with Gasteiger partial charge in [-0.1, -0.05) is 0 Å². The molecule has 3 N–H and O–H groups in total. The second-order valence-electron chi connectivity index (χ2n) is 4.79. The molecule has 0 aliphatic carbocycles. The number of aromatic nitrogens is 1. The van der Waals surface area contributed by atoms with E-state index in [4.69, 9.17) is 0 Å². The number of aromatic hydroxyl groups is 1. The van der Waals surface area contributed by atoms with E-state index in [1.54, 1.807) is 26.1 Å². The number of nitrogens with one attached hydrogen (secondary N) is 1. The molecule has 4 nitrogen and oxygen atoms in total. The van der Waals surface area contributed by atoms with Gasteiger partial charge in [0, 0.05) is 29.6 Å². The molecule has 0 saturated heterocycles. The monoisotopic (exact) mass is 354 g/mol. The lowest BCUT2D eigenvalue weighted by Gasteiger charge is -2.15. The Hall–Kier alpha value is -1.66. The first-order valence-corrected chi connectivity index (χ1v) is 7.20. The van der Waals surface area contributed by atoms with Crippen LogP contribution < -0.4 is 5.32 Å². The van der Waals surface area contributed by atoms with Gasteiger partial charge in [-0.05, 0) is 47.5 Å². The molecule has 0 bridgehead atoms. The summed E-state index contributed by atoms with van der Waals surface area (Å²) in [4.78, 5) is 4.01. The van der Waals surface area contributed by atoms with Gasteiger partial charge in [0.1, 0.15) is 11.6 Å². The summed E-state index contributed by atoms with van der Waals surface area (Å²) in [6.07, 6.45) is 1.54. The van der Waals surface area contributed by atoms with E-state index in [2.05, 4.69) is 26.2 Å². The second-order valence-corrected chi connectivity index (χ2v) is 5.64. The predicted octanol–water partition coefficient (Wildman–Crippen LogP) is 3.41. The van der Waals surface area contributed by atoms with Crippen molar-refractivity contribution in [1.82, 2.24) is 4.98 Å². The fourth-order valence-corrected chi connectivity index (χ4v) is 2.38. The molecule has 0 fully saturated rings. The third-order valence-electron chi connectivity index (χ3n) is 3.32. The summed E-state index contributed by atoms with van der Waals surface area (Å²) < 4.78 is 13.8. The van der Waals surface area contributed by atoms with Crippen molar-refractivity contribution in [3.05, 3.63) is 51.0 Å². The van der Waals surface area contributed by atoms with Crippen LogP contribution in [0.2, 0.25) is 0 Å². The number of halogens is 2. The third-order valence-corrected chi connectivity index (χ3v) is 3.93. The molecule has 0 atom stereocenters. The maximum Gasteiger partial charge on any atom is 0.142 e. The molecule has 2 rings (SSSR count). The molecule has 1 heterocycles. The van der Waals surface area contributed by atoms with E-state index in [0.717, 1.165) is 11.3 Å². The second kappa shape index (κ2) is 6.41. The van der Waals surface area contributed by atoms with E-state index in [0.29, 0.717) is 27.8 Å². The number of hydrogen-bond acceptors (Lipinski definition) is 4. The van der Waals surface area contributed by atoms with Crippen LogP contribution in [0.15, 0.2) is 22.8 Å². The van der Waals surface area contributed by atoms with Gasteiger partial charge < -0.3 is 15.5 Å². The Morgan fingerprint density at radius 2 is 2.05 bits per heavy atom. The van der Waals surface area contributed by atoms with Crippen LogP contribution >= 0.6 is 15.9 Å². The highest BCUT2D eigenvalue weighted by Gasteiger charge is 2.12. The van der Waals surface area contributed by atoms with Crippen LogP contribution in [-0.4, -0.2) is 15.2 Å². The summed E-state index contributed by atoms with van der Waals surface area (Å²) in [6.45, 7) is 3.59. The van der Waals surface area contributed by atoms with Crippen LogP contribution in [-0.2, 0) is 13.2 Å². The molecule has 0 aliphatic heterocycles. The summed E-state index contributed by atoms with van der Waals surface area (Å²) in [6, 6.07) is 3.07. The molecular weight excluding hydrogens is 339 g/mol. The SMILES string of the molecule is Cc1cc(F)c(Br)cc1NCc1c(CO)cnc(C)c1O. The quantitative estimate of drug-likeness (QED) is 0.787. The van der Waals surface area contributed by atoms with Crippen molar-refractivity contribution < 1.29 is 14.6 Å². The fourth-order valence-electron chi connectivity index (χ4n) is 2.04. The Bertz CT molecular complexity index is 677. The summed E-state index contributed by atoms with van der Waals surface area (Å²) in [5, 5.41) is 22.5. The smallest absolute Gasteiger partial charge is 0.142 e. The lowest BCUT2D eigenvalue weighted by atomic mass is 10.1. The molecule has 6 heteroatoms. The molecule has 1 aromatic carbocycles. The standard InChI is InChI=1S/C15H16BrFN2O2/c1-8-3-13(17)12(16)4-14(8)19-6-11-10(7-20)5-18-9(2)15(11)21/h3-5,19-21H,6-7H2,1-2H3. The Morgan fingerprint density at radius 3 is 2.71 bits per heavy atom. The molecule has 21 heavy (non-hydrogen) atoms. The molecular formula is C15H16BrFN2O2. The summed E-state index contributed by atoms with van der Waals surface area (Å²) in [5.41, 5.74) is 3.16. The molecule has 0 saturated carbocycles. The first-order valence-electron chi connectivity index (χ1n) is 6.40. The van der Waals surface area contributed by atoms with Crippen LogP contribution in [0.4, 0.5) is 10.1 Å². The van der Waals surface area contributed by atoms with Crippen molar-refractivity contribution in [2.24, 2.45) is 0 Å². The number of benzene rings is 1. The van der Waals surface area contributed by atoms with Crippen molar-refractivity contribution in [1.29, 1.82) is 0 Å². The van der Waals surface area contributed by atoms with E-state index in [-0.39, 0.29) is 18.2 Å². The number of pyridine rings is 1. The topological polar surface area (TPSA) is 65.4 Å². The number of aryl methyl sites for hydroxylation is 2. The van der Waals surface area contributed by atoms with Crippen molar-refractivity contribution >= 4 is 21.6 Å². The minimum atomic E-state index is -0.323. The first-order chi connectivity index (χ1) is 9.93. The molecule has 1 aromatic heterocycles. The largest absolute Gasteiger partial charge is 0.506 e. The molecule has 0 unspecified atom stereocenters. The highest BCUT2D eigenvalue weighted by atomic mass is 79.9. The van der Waals surface area contributed by atoms with Gasteiger partial charge in [0.05, 0.1) is 16.8 Å². The van der Waals surface area contributed by atoms with E-state index in [9.17, 15) is 14.6 Å². The minimum absolute atomic E-state index is 0.0629. The van der Waals surface area contributed by atoms with Crippen LogP contribution in [0.25, 0.3) is 0 Å². The third kappa shape index (κ3) is 3.33. The first kappa shape index (κ1) is 15.7. The molecule has 0 radical (unpaired) electrons. The molecule has 2 aromatic rings. The number of hydrogen-bond donors (Lipinski definition) is 3. The average Bonchev–Trinajstić information content (AvgIpc) is 2.45. The molecule has 112 valence electrons. The van der Waals surface area contributed by atoms with E-state index < -0.39 is 0 Å². The van der Waals surface area contributed by atoms with E-state index in [1.807, 2.05) is 0 Å². The number of rotatable bonds is 4. The highest BCUT2D eigenvalue weighted by molar-refractivity contribution is 9.10. The van der Waals surface area contributed by atoms with Gasteiger partial charge in [0.25, 0.3) is 0 Å². The van der Waals surface area contributed by atoms with Gasteiger partial charge in [0.15, 0.2) is 0 Å². The maximum atomic E-state index is 13.4. The van der Waals surface area contributed by atoms with Gasteiger partial charge in [-0.2, -0.15) is 0 Å². The zero-order valence-corrected chi connectivity index (χ0v) is 13.3. The van der Waals surface area contributed by atoms with Crippen molar-refractivity contribution in [2.75, 3.05) is 5.32 Å².